The minimum atomic E-state index is -0.870. The van der Waals surface area contributed by atoms with Crippen LogP contribution in [-0.4, -0.2) is 35.0 Å². The number of rotatable bonds is 8. The van der Waals surface area contributed by atoms with Crippen molar-refractivity contribution in [1.82, 2.24) is 5.32 Å². The van der Waals surface area contributed by atoms with Gasteiger partial charge in [0.05, 0.1) is 5.75 Å². The van der Waals surface area contributed by atoms with Gasteiger partial charge >= 0.3 is 5.97 Å². The van der Waals surface area contributed by atoms with Crippen LogP contribution in [0.15, 0.2) is 0 Å². The van der Waals surface area contributed by atoms with Gasteiger partial charge in [-0.1, -0.05) is 12.8 Å². The fourth-order valence-corrected chi connectivity index (χ4v) is 1.66. The lowest BCUT2D eigenvalue weighted by molar-refractivity contribution is -0.138. The third-order valence-electron chi connectivity index (χ3n) is 1.81. The van der Waals surface area contributed by atoms with Gasteiger partial charge in [0.1, 0.15) is 0 Å². The van der Waals surface area contributed by atoms with Crippen LogP contribution in [-0.2, 0) is 9.59 Å². The van der Waals surface area contributed by atoms with Gasteiger partial charge in [-0.15, -0.1) is 18.2 Å². The van der Waals surface area contributed by atoms with E-state index in [4.69, 9.17) is 11.5 Å². The summed E-state index contributed by atoms with van der Waals surface area (Å²) in [5, 5.41) is 11.2. The van der Waals surface area contributed by atoms with Crippen molar-refractivity contribution in [3.63, 3.8) is 0 Å². The highest BCUT2D eigenvalue weighted by molar-refractivity contribution is 7.99. The highest BCUT2D eigenvalue weighted by Gasteiger charge is 2.11. The van der Waals surface area contributed by atoms with Gasteiger partial charge < -0.3 is 10.4 Å². The molecule has 90 valence electrons. The van der Waals surface area contributed by atoms with E-state index < -0.39 is 5.97 Å². The molecule has 5 heteroatoms. The Morgan fingerprint density at radius 3 is 2.75 bits per heavy atom. The normalized spacial score (nSPS) is 11.5. The monoisotopic (exact) mass is 243 g/mol. The fraction of sp³-hybridized carbons (Fsp3) is 0.636. The predicted octanol–water partition coefficient (Wildman–Crippen LogP) is 0.970. The summed E-state index contributed by atoms with van der Waals surface area (Å²) in [5.74, 6) is 2.82. The number of nitrogens with one attached hydrogen (secondary N) is 1. The quantitative estimate of drug-likeness (QED) is 0.492. The summed E-state index contributed by atoms with van der Waals surface area (Å²) in [6, 6.07) is 0. The summed E-state index contributed by atoms with van der Waals surface area (Å²) in [6.07, 6.45) is 5.35. The molecule has 0 saturated heterocycles. The first-order valence-electron chi connectivity index (χ1n) is 5.06. The first kappa shape index (κ1) is 14.8. The lowest BCUT2D eigenvalue weighted by atomic mass is 10.0. The molecule has 1 amide bonds. The Bertz CT molecular complexity index is 273. The van der Waals surface area contributed by atoms with Crippen molar-refractivity contribution in [2.75, 3.05) is 18.1 Å². The Morgan fingerprint density at radius 2 is 2.19 bits per heavy atom. The van der Waals surface area contributed by atoms with Crippen LogP contribution in [0, 0.1) is 18.3 Å². The Balaban J connectivity index is 3.51. The number of carbonyl (C=O) groups excluding carboxylic acids is 1. The summed E-state index contributed by atoms with van der Waals surface area (Å²) in [5.41, 5.74) is 0. The Hall–Kier alpha value is -1.15. The molecule has 1 atom stereocenters. The maximum absolute atomic E-state index is 11.3. The van der Waals surface area contributed by atoms with Crippen molar-refractivity contribution in [3.8, 4) is 12.3 Å². The lowest BCUT2D eigenvalue weighted by Gasteiger charge is -2.08. The zero-order valence-corrected chi connectivity index (χ0v) is 10.2. The van der Waals surface area contributed by atoms with E-state index in [0.29, 0.717) is 12.3 Å². The van der Waals surface area contributed by atoms with Gasteiger partial charge in [-0.2, -0.15) is 0 Å². The topological polar surface area (TPSA) is 66.4 Å². The third kappa shape index (κ3) is 9.41. The lowest BCUT2D eigenvalue weighted by Crippen LogP contribution is -2.27. The number of thioether (sulfide) groups is 1. The molecular weight excluding hydrogens is 226 g/mol. The molecule has 0 aromatic carbocycles. The van der Waals surface area contributed by atoms with Gasteiger partial charge in [0.2, 0.25) is 5.91 Å². The van der Waals surface area contributed by atoms with Crippen LogP contribution < -0.4 is 5.32 Å². The van der Waals surface area contributed by atoms with Crippen molar-refractivity contribution in [2.24, 2.45) is 5.92 Å². The average Bonchev–Trinajstić information content (AvgIpc) is 2.15. The number of carboxylic acids is 1. The van der Waals surface area contributed by atoms with Crippen LogP contribution in [0.2, 0.25) is 0 Å². The number of aliphatic carboxylic acids is 1. The van der Waals surface area contributed by atoms with E-state index >= 15 is 0 Å². The largest absolute Gasteiger partial charge is 0.481 e. The van der Waals surface area contributed by atoms with Crippen molar-refractivity contribution in [1.29, 1.82) is 0 Å². The van der Waals surface area contributed by atoms with Crippen molar-refractivity contribution < 1.29 is 14.7 Å². The van der Waals surface area contributed by atoms with Gasteiger partial charge in [0.25, 0.3) is 0 Å². The van der Waals surface area contributed by atoms with E-state index in [1.807, 2.05) is 0 Å². The van der Waals surface area contributed by atoms with E-state index in [9.17, 15) is 9.59 Å². The van der Waals surface area contributed by atoms with Crippen molar-refractivity contribution in [2.45, 2.75) is 19.8 Å². The van der Waals surface area contributed by atoms with Crippen LogP contribution in [0.5, 0.6) is 0 Å². The van der Waals surface area contributed by atoms with E-state index in [1.165, 1.54) is 0 Å². The first-order chi connectivity index (χ1) is 7.56. The Kier molecular flexibility index (Phi) is 8.45. The van der Waals surface area contributed by atoms with Crippen LogP contribution in [0.1, 0.15) is 19.8 Å². The molecule has 0 aromatic heterocycles. The second-order valence-electron chi connectivity index (χ2n) is 3.51. The summed E-state index contributed by atoms with van der Waals surface area (Å²) >= 11 is 1.58. The SMILES string of the molecule is C#CCSCCNC(=O)CC(C)CC(=O)O. The number of carbonyl (C=O) groups is 2. The van der Waals surface area contributed by atoms with Gasteiger partial charge in [-0.3, -0.25) is 9.59 Å². The van der Waals surface area contributed by atoms with E-state index in [1.54, 1.807) is 18.7 Å². The zero-order valence-electron chi connectivity index (χ0n) is 9.36. The van der Waals surface area contributed by atoms with Crippen LogP contribution in [0.4, 0.5) is 0 Å². The maximum atomic E-state index is 11.3. The highest BCUT2D eigenvalue weighted by Crippen LogP contribution is 2.06. The molecule has 0 radical (unpaired) electrons. The zero-order chi connectivity index (χ0) is 12.4. The molecule has 4 nitrogen and oxygen atoms in total. The number of terminal acetylenes is 1. The van der Waals surface area contributed by atoms with E-state index in [0.717, 1.165) is 5.75 Å². The maximum Gasteiger partial charge on any atom is 0.303 e. The molecule has 0 aliphatic heterocycles. The molecule has 1 unspecified atom stereocenters. The molecule has 0 saturated carbocycles. The second kappa shape index (κ2) is 9.10. The summed E-state index contributed by atoms with van der Waals surface area (Å²) in [7, 11) is 0. The molecular formula is C11H17NO3S. The van der Waals surface area contributed by atoms with Gasteiger partial charge in [0, 0.05) is 25.1 Å². The summed E-state index contributed by atoms with van der Waals surface area (Å²) in [4.78, 5) is 21.7. The van der Waals surface area contributed by atoms with Crippen LogP contribution in [0.25, 0.3) is 0 Å². The molecule has 0 rings (SSSR count). The Labute approximate surface area is 100 Å². The number of hydrogen-bond donors (Lipinski definition) is 2. The van der Waals surface area contributed by atoms with Crippen molar-refractivity contribution in [3.05, 3.63) is 0 Å². The minimum Gasteiger partial charge on any atom is -0.481 e. The van der Waals surface area contributed by atoms with E-state index in [-0.39, 0.29) is 24.7 Å². The fourth-order valence-electron chi connectivity index (χ4n) is 1.15. The molecule has 0 bridgehead atoms. The van der Waals surface area contributed by atoms with Gasteiger partial charge in [-0.25, -0.2) is 0 Å². The molecule has 0 heterocycles. The standard InChI is InChI=1S/C11H17NO3S/c1-3-5-16-6-4-12-10(13)7-9(2)8-11(14)15/h1,9H,4-8H2,2H3,(H,12,13)(H,14,15). The average molecular weight is 243 g/mol. The summed E-state index contributed by atoms with van der Waals surface area (Å²) in [6.45, 7) is 2.33. The summed E-state index contributed by atoms with van der Waals surface area (Å²) < 4.78 is 0. The predicted molar refractivity (Wildman–Crippen MR) is 65.2 cm³/mol. The number of hydrogen-bond acceptors (Lipinski definition) is 3. The smallest absolute Gasteiger partial charge is 0.303 e. The second-order valence-corrected chi connectivity index (χ2v) is 4.62. The number of carboxylic acid groups (broad SMARTS) is 1. The first-order valence-corrected chi connectivity index (χ1v) is 6.21. The molecule has 0 spiro atoms. The third-order valence-corrected chi connectivity index (χ3v) is 2.67. The van der Waals surface area contributed by atoms with Crippen LogP contribution >= 0.6 is 11.8 Å². The van der Waals surface area contributed by atoms with E-state index in [2.05, 4.69) is 11.2 Å². The minimum absolute atomic E-state index is 0.0270. The molecule has 0 aliphatic rings. The van der Waals surface area contributed by atoms with Gasteiger partial charge in [-0.05, 0) is 5.92 Å². The Morgan fingerprint density at radius 1 is 1.50 bits per heavy atom. The molecule has 0 aromatic rings. The molecule has 16 heavy (non-hydrogen) atoms. The van der Waals surface area contributed by atoms with Gasteiger partial charge in [0.15, 0.2) is 0 Å². The van der Waals surface area contributed by atoms with Crippen molar-refractivity contribution >= 4 is 23.6 Å². The number of amides is 1. The molecule has 2 N–H and O–H groups in total. The molecule has 0 fully saturated rings. The van der Waals surface area contributed by atoms with Crippen LogP contribution in [0.3, 0.4) is 0 Å². The highest BCUT2D eigenvalue weighted by atomic mass is 32.2. The molecule has 0 aliphatic carbocycles.